The molecule has 0 aliphatic heterocycles. The number of pyridine rings is 1. The second kappa shape index (κ2) is 3.47. The molecule has 0 unspecified atom stereocenters. The van der Waals surface area contributed by atoms with Gasteiger partial charge in [-0.1, -0.05) is 12.0 Å². The number of rotatable bonds is 1. The van der Waals surface area contributed by atoms with Gasteiger partial charge in [0.2, 0.25) is 0 Å². The van der Waals surface area contributed by atoms with Gasteiger partial charge in [-0.25, -0.2) is 0 Å². The number of aromatic nitrogens is 1. The Hall–Kier alpha value is -1.55. The summed E-state index contributed by atoms with van der Waals surface area (Å²) in [6.07, 6.45) is 10.2. The summed E-state index contributed by atoms with van der Waals surface area (Å²) in [6, 6.07) is 5.68. The Bertz CT molecular complexity index is 254. The molecule has 10 heavy (non-hydrogen) atoms. The summed E-state index contributed by atoms with van der Waals surface area (Å²) in [5.74, 6) is 2.40. The molecule has 0 aromatic carbocycles. The first kappa shape index (κ1) is 6.57. The van der Waals surface area contributed by atoms with E-state index in [1.54, 1.807) is 18.3 Å². The predicted octanol–water partition coefficient (Wildman–Crippen LogP) is 1.73. The minimum atomic E-state index is 0.889. The topological polar surface area (TPSA) is 12.9 Å². The molecular weight excluding hydrogens is 122 g/mol. The average molecular weight is 129 g/mol. The van der Waals surface area contributed by atoms with Gasteiger partial charge in [0.25, 0.3) is 0 Å². The normalized spacial score (nSPS) is 9.50. The van der Waals surface area contributed by atoms with Gasteiger partial charge in [-0.05, 0) is 24.3 Å². The van der Waals surface area contributed by atoms with Gasteiger partial charge in [-0.3, -0.25) is 4.98 Å². The Kier molecular flexibility index (Phi) is 2.28. The summed E-state index contributed by atoms with van der Waals surface area (Å²) in [5.41, 5.74) is 0.889. The maximum absolute atomic E-state index is 5.01. The first-order valence-corrected chi connectivity index (χ1v) is 2.97. The smallest absolute Gasteiger partial charge is 0.0635 e. The first-order valence-electron chi connectivity index (χ1n) is 2.97. The zero-order chi connectivity index (χ0) is 7.23. The van der Waals surface area contributed by atoms with Gasteiger partial charge in [0, 0.05) is 6.20 Å². The van der Waals surface area contributed by atoms with Crippen molar-refractivity contribution in [2.24, 2.45) is 0 Å². The third-order valence-corrected chi connectivity index (χ3v) is 1.04. The van der Waals surface area contributed by atoms with E-state index in [2.05, 4.69) is 10.9 Å². The van der Waals surface area contributed by atoms with Gasteiger partial charge < -0.3 is 0 Å². The lowest BCUT2D eigenvalue weighted by Gasteiger charge is -1.85. The maximum atomic E-state index is 5.01. The van der Waals surface area contributed by atoms with Gasteiger partial charge in [0.05, 0.1) is 5.69 Å². The highest BCUT2D eigenvalue weighted by molar-refractivity contribution is 5.47. The second-order valence-electron chi connectivity index (χ2n) is 1.75. The van der Waals surface area contributed by atoms with E-state index in [9.17, 15) is 0 Å². The lowest BCUT2D eigenvalue weighted by atomic mass is 10.3. The van der Waals surface area contributed by atoms with E-state index in [0.29, 0.717) is 0 Å². The largest absolute Gasteiger partial charge is 0.257 e. The Morgan fingerprint density at radius 2 is 2.40 bits per heavy atom. The number of allylic oxidation sites excluding steroid dienone is 1. The first-order chi connectivity index (χ1) is 4.93. The second-order valence-corrected chi connectivity index (χ2v) is 1.75. The van der Waals surface area contributed by atoms with Crippen LogP contribution in [0.15, 0.2) is 30.5 Å². The molecule has 0 spiro atoms. The Balaban J connectivity index is 2.79. The zero-order valence-corrected chi connectivity index (χ0v) is 5.49. The van der Waals surface area contributed by atoms with Gasteiger partial charge in [-0.2, -0.15) is 0 Å². The van der Waals surface area contributed by atoms with Crippen molar-refractivity contribution >= 4 is 6.08 Å². The van der Waals surface area contributed by atoms with Crippen LogP contribution in [0.1, 0.15) is 5.69 Å². The molecule has 0 N–H and O–H groups in total. The van der Waals surface area contributed by atoms with Gasteiger partial charge in [0.15, 0.2) is 0 Å². The van der Waals surface area contributed by atoms with Crippen molar-refractivity contribution in [1.29, 1.82) is 0 Å². The molecule has 1 nitrogen and oxygen atoms in total. The molecule has 0 aliphatic carbocycles. The molecule has 0 atom stereocenters. The number of terminal acetylenes is 1. The molecule has 1 heteroatoms. The van der Waals surface area contributed by atoms with Gasteiger partial charge >= 0.3 is 0 Å². The van der Waals surface area contributed by atoms with E-state index in [1.165, 1.54) is 0 Å². The van der Waals surface area contributed by atoms with Crippen LogP contribution in [0.25, 0.3) is 6.08 Å². The maximum Gasteiger partial charge on any atom is 0.0635 e. The Morgan fingerprint density at radius 3 is 3.00 bits per heavy atom. The fourth-order valence-corrected chi connectivity index (χ4v) is 0.608. The zero-order valence-electron chi connectivity index (χ0n) is 5.49. The van der Waals surface area contributed by atoms with Crippen LogP contribution in [0.3, 0.4) is 0 Å². The van der Waals surface area contributed by atoms with Gasteiger partial charge in [-0.15, -0.1) is 6.42 Å². The van der Waals surface area contributed by atoms with E-state index in [-0.39, 0.29) is 0 Å². The molecule has 0 saturated heterocycles. The standard InChI is InChI=1S/C9H7N/c1-2-3-6-9-7-4-5-8-10-9/h1,3-8H/b6-3+. The van der Waals surface area contributed by atoms with Crippen LogP contribution in [-0.2, 0) is 0 Å². The molecule has 48 valence electrons. The van der Waals surface area contributed by atoms with Crippen molar-refractivity contribution in [3.63, 3.8) is 0 Å². The summed E-state index contributed by atoms with van der Waals surface area (Å²) < 4.78 is 0. The minimum Gasteiger partial charge on any atom is -0.257 e. The van der Waals surface area contributed by atoms with E-state index in [4.69, 9.17) is 6.42 Å². The van der Waals surface area contributed by atoms with Crippen molar-refractivity contribution in [3.8, 4) is 12.3 Å². The molecule has 1 aromatic heterocycles. The van der Waals surface area contributed by atoms with Crippen molar-refractivity contribution in [2.75, 3.05) is 0 Å². The molecule has 1 aromatic rings. The van der Waals surface area contributed by atoms with Crippen molar-refractivity contribution in [1.82, 2.24) is 4.98 Å². The number of hydrogen-bond acceptors (Lipinski definition) is 1. The minimum absolute atomic E-state index is 0.889. The summed E-state index contributed by atoms with van der Waals surface area (Å²) in [4.78, 5) is 4.03. The Labute approximate surface area is 60.4 Å². The van der Waals surface area contributed by atoms with Crippen molar-refractivity contribution in [3.05, 3.63) is 36.2 Å². The summed E-state index contributed by atoms with van der Waals surface area (Å²) >= 11 is 0. The number of nitrogens with zero attached hydrogens (tertiary/aromatic N) is 1. The molecular formula is C9H7N. The molecule has 1 rings (SSSR count). The van der Waals surface area contributed by atoms with Crippen molar-refractivity contribution in [2.45, 2.75) is 0 Å². The molecule has 0 amide bonds. The van der Waals surface area contributed by atoms with E-state index >= 15 is 0 Å². The van der Waals surface area contributed by atoms with Crippen LogP contribution >= 0.6 is 0 Å². The lowest BCUT2D eigenvalue weighted by molar-refractivity contribution is 1.30. The van der Waals surface area contributed by atoms with Crippen LogP contribution in [0.4, 0.5) is 0 Å². The fraction of sp³-hybridized carbons (Fsp3) is 0. The van der Waals surface area contributed by atoms with Crippen LogP contribution in [0.5, 0.6) is 0 Å². The van der Waals surface area contributed by atoms with Gasteiger partial charge in [0.1, 0.15) is 0 Å². The molecule has 0 bridgehead atoms. The summed E-state index contributed by atoms with van der Waals surface area (Å²) in [7, 11) is 0. The molecule has 0 radical (unpaired) electrons. The average Bonchev–Trinajstić information content (AvgIpc) is 2.03. The van der Waals surface area contributed by atoms with Crippen LogP contribution < -0.4 is 0 Å². The molecule has 0 aliphatic rings. The van der Waals surface area contributed by atoms with E-state index in [0.717, 1.165) is 5.69 Å². The number of hydrogen-bond donors (Lipinski definition) is 0. The highest BCUT2D eigenvalue weighted by Crippen LogP contribution is 1.94. The van der Waals surface area contributed by atoms with Crippen LogP contribution in [0, 0.1) is 12.3 Å². The van der Waals surface area contributed by atoms with Crippen LogP contribution in [-0.4, -0.2) is 4.98 Å². The highest BCUT2D eigenvalue weighted by Gasteiger charge is 1.80. The Morgan fingerprint density at radius 1 is 1.50 bits per heavy atom. The summed E-state index contributed by atoms with van der Waals surface area (Å²) in [6.45, 7) is 0. The quantitative estimate of drug-likeness (QED) is 0.526. The summed E-state index contributed by atoms with van der Waals surface area (Å²) in [5, 5.41) is 0. The fourth-order valence-electron chi connectivity index (χ4n) is 0.608. The third kappa shape index (κ3) is 1.75. The highest BCUT2D eigenvalue weighted by atomic mass is 14.6. The predicted molar refractivity (Wildman–Crippen MR) is 42.1 cm³/mol. The molecule has 1 heterocycles. The SMILES string of the molecule is C#C/C=C/c1ccccn1. The molecule has 0 fully saturated rings. The van der Waals surface area contributed by atoms with E-state index in [1.807, 2.05) is 18.2 Å². The van der Waals surface area contributed by atoms with Crippen LogP contribution in [0.2, 0.25) is 0 Å². The lowest BCUT2D eigenvalue weighted by Crippen LogP contribution is -1.74. The monoisotopic (exact) mass is 129 g/mol. The molecule has 0 saturated carbocycles. The third-order valence-electron chi connectivity index (χ3n) is 1.04. The van der Waals surface area contributed by atoms with E-state index < -0.39 is 0 Å². The van der Waals surface area contributed by atoms with Crippen molar-refractivity contribution < 1.29 is 0 Å².